The van der Waals surface area contributed by atoms with Crippen LogP contribution in [0.4, 0.5) is 17.1 Å². The zero-order valence-electron chi connectivity index (χ0n) is 27.2. The molecule has 0 saturated carbocycles. The van der Waals surface area contributed by atoms with Crippen LogP contribution in [0, 0.1) is 20.2 Å². The van der Waals surface area contributed by atoms with Gasteiger partial charge in [0, 0.05) is 12.6 Å². The van der Waals surface area contributed by atoms with Crippen LogP contribution in [0.3, 0.4) is 0 Å². The topological polar surface area (TPSA) is 154 Å². The molecule has 258 valence electrons. The normalized spacial score (nSPS) is 11.1. The highest BCUT2D eigenvalue weighted by atomic mass is 16.6. The van der Waals surface area contributed by atoms with Crippen molar-refractivity contribution in [3.63, 3.8) is 0 Å². The molecule has 0 unspecified atom stereocenters. The summed E-state index contributed by atoms with van der Waals surface area (Å²) in [6, 6.07) is 11.8. The van der Waals surface area contributed by atoms with Crippen molar-refractivity contribution in [2.75, 3.05) is 84.5 Å². The van der Waals surface area contributed by atoms with E-state index in [9.17, 15) is 20.2 Å². The Labute approximate surface area is 272 Å². The Balaban J connectivity index is 1.32. The summed E-state index contributed by atoms with van der Waals surface area (Å²) in [5.74, 6) is 0.862. The van der Waals surface area contributed by atoms with E-state index in [0.29, 0.717) is 72.6 Å². The molecule has 0 aliphatic carbocycles. The number of anilines is 1. The molecule has 0 spiro atoms. The number of benzene rings is 2. The average Bonchev–Trinajstić information content (AvgIpc) is 3.05. The number of aryl methyl sites for hydroxylation is 1. The number of nitrogens with one attached hydrogen (secondary N) is 1. The van der Waals surface area contributed by atoms with Crippen molar-refractivity contribution in [2.45, 2.75) is 58.3 Å². The molecule has 0 radical (unpaired) electrons. The first-order valence-corrected chi connectivity index (χ1v) is 16.3. The van der Waals surface area contributed by atoms with Crippen LogP contribution in [0.15, 0.2) is 42.5 Å². The third kappa shape index (κ3) is 18.6. The molecule has 0 heterocycles. The standard InChI is InChI=1S/C33H51N3O10/c1-2-3-4-5-6-7-8-9-29-10-13-31(14-11-29)46-27-26-45-25-24-44-23-22-43-21-20-42-19-18-41-17-16-34-32-15-12-30(35(37)38)28-33(32)36(39)40/h10-15,28,34H,2-9,16-27H2,1H3. The van der Waals surface area contributed by atoms with E-state index in [0.717, 1.165) is 18.2 Å². The van der Waals surface area contributed by atoms with Crippen molar-refractivity contribution in [3.05, 3.63) is 68.3 Å². The SMILES string of the molecule is CCCCCCCCCc1ccc(OCCOCCOCCOCCOCCOCCNc2ccc([N+](=O)[O-])cc2[N+](=O)[O-])cc1. The van der Waals surface area contributed by atoms with E-state index >= 15 is 0 Å². The second kappa shape index (κ2) is 25.8. The van der Waals surface area contributed by atoms with Crippen LogP contribution in [-0.2, 0) is 30.1 Å². The zero-order chi connectivity index (χ0) is 33.1. The molecule has 0 aromatic heterocycles. The van der Waals surface area contributed by atoms with Gasteiger partial charge in [-0.05, 0) is 36.6 Å². The van der Waals surface area contributed by atoms with Crippen LogP contribution < -0.4 is 10.1 Å². The van der Waals surface area contributed by atoms with Gasteiger partial charge in [0.25, 0.3) is 11.4 Å². The summed E-state index contributed by atoms with van der Waals surface area (Å²) in [5.41, 5.74) is 0.859. The molecule has 46 heavy (non-hydrogen) atoms. The summed E-state index contributed by atoms with van der Waals surface area (Å²) in [7, 11) is 0. The first kappa shape index (κ1) is 38.8. The van der Waals surface area contributed by atoms with Gasteiger partial charge in [-0.1, -0.05) is 57.6 Å². The number of hydrogen-bond donors (Lipinski definition) is 1. The molecule has 0 aliphatic rings. The van der Waals surface area contributed by atoms with Gasteiger partial charge in [-0.2, -0.15) is 0 Å². The fourth-order valence-electron chi connectivity index (χ4n) is 4.43. The van der Waals surface area contributed by atoms with E-state index in [1.165, 1.54) is 62.6 Å². The monoisotopic (exact) mass is 649 g/mol. The van der Waals surface area contributed by atoms with E-state index in [-0.39, 0.29) is 23.7 Å². The summed E-state index contributed by atoms with van der Waals surface area (Å²) in [5, 5.41) is 24.8. The summed E-state index contributed by atoms with van der Waals surface area (Å²) in [6.45, 7) is 7.31. The number of unbranched alkanes of at least 4 members (excludes halogenated alkanes) is 6. The van der Waals surface area contributed by atoms with Gasteiger partial charge in [0.2, 0.25) is 0 Å². The summed E-state index contributed by atoms with van der Waals surface area (Å²) in [4.78, 5) is 20.6. The first-order chi connectivity index (χ1) is 22.5. The van der Waals surface area contributed by atoms with Gasteiger partial charge in [-0.3, -0.25) is 20.2 Å². The quantitative estimate of drug-likeness (QED) is 0.0570. The number of ether oxygens (including phenoxy) is 6. The van der Waals surface area contributed by atoms with Crippen LogP contribution in [0.25, 0.3) is 0 Å². The van der Waals surface area contributed by atoms with Crippen LogP contribution in [-0.4, -0.2) is 89.1 Å². The molecule has 0 saturated heterocycles. The number of hydrogen-bond acceptors (Lipinski definition) is 11. The van der Waals surface area contributed by atoms with Gasteiger partial charge in [-0.25, -0.2) is 0 Å². The lowest BCUT2D eigenvalue weighted by Crippen LogP contribution is -2.15. The molecule has 0 aliphatic heterocycles. The van der Waals surface area contributed by atoms with Gasteiger partial charge in [0.1, 0.15) is 18.0 Å². The van der Waals surface area contributed by atoms with Crippen LogP contribution >= 0.6 is 0 Å². The Bertz CT molecular complexity index is 1090. The molecule has 2 aromatic rings. The highest BCUT2D eigenvalue weighted by Crippen LogP contribution is 2.28. The molecule has 0 amide bonds. The average molecular weight is 650 g/mol. The molecule has 0 atom stereocenters. The van der Waals surface area contributed by atoms with Gasteiger partial charge >= 0.3 is 0 Å². The van der Waals surface area contributed by atoms with Crippen molar-refractivity contribution in [3.8, 4) is 5.75 Å². The largest absolute Gasteiger partial charge is 0.491 e. The van der Waals surface area contributed by atoms with Crippen molar-refractivity contribution in [2.24, 2.45) is 0 Å². The molecule has 0 bridgehead atoms. The molecule has 1 N–H and O–H groups in total. The van der Waals surface area contributed by atoms with Gasteiger partial charge in [0.05, 0.1) is 82.0 Å². The van der Waals surface area contributed by atoms with Crippen LogP contribution in [0.5, 0.6) is 5.75 Å². The van der Waals surface area contributed by atoms with Gasteiger partial charge < -0.3 is 33.7 Å². The molecule has 2 aromatic carbocycles. The van der Waals surface area contributed by atoms with Gasteiger partial charge in [0.15, 0.2) is 0 Å². The Hall–Kier alpha value is -3.36. The van der Waals surface area contributed by atoms with E-state index in [2.05, 4.69) is 24.4 Å². The van der Waals surface area contributed by atoms with Crippen molar-refractivity contribution in [1.82, 2.24) is 0 Å². The highest BCUT2D eigenvalue weighted by Gasteiger charge is 2.19. The number of nitrogens with zero attached hydrogens (tertiary/aromatic N) is 2. The fraction of sp³-hybridized carbons (Fsp3) is 0.636. The summed E-state index contributed by atoms with van der Waals surface area (Å²) in [6.07, 6.45) is 10.4. The maximum absolute atomic E-state index is 11.1. The predicted octanol–water partition coefficient (Wildman–Crippen LogP) is 6.37. The smallest absolute Gasteiger partial charge is 0.299 e. The molecule has 0 fully saturated rings. The number of non-ortho nitro benzene ring substituents is 1. The van der Waals surface area contributed by atoms with Crippen molar-refractivity contribution < 1.29 is 38.3 Å². The lowest BCUT2D eigenvalue weighted by atomic mass is 10.0. The molecule has 2 rings (SSSR count). The van der Waals surface area contributed by atoms with Crippen molar-refractivity contribution >= 4 is 17.1 Å². The minimum Gasteiger partial charge on any atom is -0.491 e. The molecule has 13 nitrogen and oxygen atoms in total. The maximum atomic E-state index is 11.1. The minimum atomic E-state index is -0.675. The highest BCUT2D eigenvalue weighted by molar-refractivity contribution is 5.65. The molecular formula is C33H51N3O10. The maximum Gasteiger partial charge on any atom is 0.299 e. The fourth-order valence-corrected chi connectivity index (χ4v) is 4.43. The third-order valence-corrected chi connectivity index (χ3v) is 6.93. The number of nitro benzene ring substituents is 2. The Morgan fingerprint density at radius 2 is 1.13 bits per heavy atom. The van der Waals surface area contributed by atoms with E-state index in [1.807, 2.05) is 12.1 Å². The number of nitro groups is 2. The Morgan fingerprint density at radius 3 is 1.67 bits per heavy atom. The second-order valence-corrected chi connectivity index (χ2v) is 10.6. The Morgan fingerprint density at radius 1 is 0.609 bits per heavy atom. The summed E-state index contributed by atoms with van der Waals surface area (Å²) >= 11 is 0. The first-order valence-electron chi connectivity index (χ1n) is 16.3. The Kier molecular flexibility index (Phi) is 21.8. The zero-order valence-corrected chi connectivity index (χ0v) is 27.2. The van der Waals surface area contributed by atoms with E-state index in [4.69, 9.17) is 28.4 Å². The van der Waals surface area contributed by atoms with E-state index in [1.54, 1.807) is 0 Å². The predicted molar refractivity (Wildman–Crippen MR) is 176 cm³/mol. The van der Waals surface area contributed by atoms with Crippen LogP contribution in [0.1, 0.15) is 57.4 Å². The van der Waals surface area contributed by atoms with Crippen LogP contribution in [0.2, 0.25) is 0 Å². The lowest BCUT2D eigenvalue weighted by molar-refractivity contribution is -0.393. The van der Waals surface area contributed by atoms with Gasteiger partial charge in [-0.15, -0.1) is 0 Å². The molecular weight excluding hydrogens is 598 g/mol. The minimum absolute atomic E-state index is 0.194. The van der Waals surface area contributed by atoms with E-state index < -0.39 is 9.85 Å². The summed E-state index contributed by atoms with van der Waals surface area (Å²) < 4.78 is 33.2. The third-order valence-electron chi connectivity index (χ3n) is 6.93. The lowest BCUT2D eigenvalue weighted by Gasteiger charge is -2.09. The number of rotatable bonds is 30. The second-order valence-electron chi connectivity index (χ2n) is 10.6. The molecule has 13 heteroatoms. The van der Waals surface area contributed by atoms with Crippen molar-refractivity contribution in [1.29, 1.82) is 0 Å².